The van der Waals surface area contributed by atoms with E-state index in [1.54, 1.807) is 18.2 Å². The predicted octanol–water partition coefficient (Wildman–Crippen LogP) is 4.34. The van der Waals surface area contributed by atoms with Crippen LogP contribution in [0, 0.1) is 12.7 Å². The maximum absolute atomic E-state index is 13.8. The summed E-state index contributed by atoms with van der Waals surface area (Å²) >= 11 is 11.8. The molecule has 0 aliphatic heterocycles. The SMILES string of the molecule is Cc1c(F)cc(C(N)=O)cc1NC(=O)CCCOc1ccc(Cl)cc1Cl. The van der Waals surface area contributed by atoms with Crippen molar-refractivity contribution in [3.8, 4) is 5.75 Å². The Hall–Kier alpha value is -2.31. The summed E-state index contributed by atoms with van der Waals surface area (Å²) < 4.78 is 19.3. The standard InChI is InChI=1S/C18H17Cl2FN2O3/c1-10-14(21)7-11(18(22)25)8-15(10)23-17(24)3-2-6-26-16-5-4-12(19)9-13(16)20/h4-5,7-9H,2-3,6H2,1H3,(H2,22,25)(H,23,24). The van der Waals surface area contributed by atoms with Gasteiger partial charge in [0, 0.05) is 28.3 Å². The Balaban J connectivity index is 1.88. The number of carbonyl (C=O) groups is 2. The van der Waals surface area contributed by atoms with Crippen LogP contribution < -0.4 is 15.8 Å². The number of hydrogen-bond acceptors (Lipinski definition) is 3. The van der Waals surface area contributed by atoms with Crippen molar-refractivity contribution in [1.29, 1.82) is 0 Å². The Morgan fingerprint density at radius 1 is 1.23 bits per heavy atom. The van der Waals surface area contributed by atoms with E-state index in [9.17, 15) is 14.0 Å². The highest BCUT2D eigenvalue weighted by atomic mass is 35.5. The molecule has 0 aliphatic rings. The molecule has 8 heteroatoms. The van der Waals surface area contributed by atoms with E-state index in [4.69, 9.17) is 33.7 Å². The summed E-state index contributed by atoms with van der Waals surface area (Å²) in [6.45, 7) is 1.77. The van der Waals surface area contributed by atoms with Crippen molar-refractivity contribution in [1.82, 2.24) is 0 Å². The molecule has 0 heterocycles. The molecule has 0 saturated carbocycles. The summed E-state index contributed by atoms with van der Waals surface area (Å²) in [5, 5.41) is 3.47. The largest absolute Gasteiger partial charge is 0.492 e. The van der Waals surface area contributed by atoms with E-state index < -0.39 is 11.7 Å². The number of hydrogen-bond donors (Lipinski definition) is 2. The molecule has 2 rings (SSSR count). The van der Waals surface area contributed by atoms with Gasteiger partial charge in [-0.3, -0.25) is 9.59 Å². The summed E-state index contributed by atoms with van der Waals surface area (Å²) in [6, 6.07) is 7.25. The van der Waals surface area contributed by atoms with Crippen LogP contribution in [0.1, 0.15) is 28.8 Å². The minimum absolute atomic E-state index is 0.0101. The molecule has 0 bridgehead atoms. The number of anilines is 1. The minimum atomic E-state index is -0.771. The van der Waals surface area contributed by atoms with Gasteiger partial charge < -0.3 is 15.8 Å². The lowest BCUT2D eigenvalue weighted by Crippen LogP contribution is -2.16. The van der Waals surface area contributed by atoms with Crippen molar-refractivity contribution in [2.24, 2.45) is 5.73 Å². The summed E-state index contributed by atoms with van der Waals surface area (Å²) in [5.41, 5.74) is 5.59. The van der Waals surface area contributed by atoms with Crippen LogP contribution >= 0.6 is 23.2 Å². The Morgan fingerprint density at radius 3 is 2.62 bits per heavy atom. The van der Waals surface area contributed by atoms with Gasteiger partial charge in [0.05, 0.1) is 11.6 Å². The first kappa shape index (κ1) is 20.0. The zero-order valence-corrected chi connectivity index (χ0v) is 15.5. The molecule has 3 N–H and O–H groups in total. The average Bonchev–Trinajstić information content (AvgIpc) is 2.57. The van der Waals surface area contributed by atoms with Gasteiger partial charge in [-0.15, -0.1) is 0 Å². The highest BCUT2D eigenvalue weighted by molar-refractivity contribution is 6.35. The molecular formula is C18H17Cl2FN2O3. The van der Waals surface area contributed by atoms with Gasteiger partial charge in [-0.25, -0.2) is 4.39 Å². The Kier molecular flexibility index (Phi) is 6.83. The number of nitrogens with one attached hydrogen (secondary N) is 1. The normalized spacial score (nSPS) is 10.5. The van der Waals surface area contributed by atoms with Crippen molar-refractivity contribution in [2.75, 3.05) is 11.9 Å². The van der Waals surface area contributed by atoms with E-state index in [0.29, 0.717) is 22.2 Å². The number of amides is 2. The zero-order valence-electron chi connectivity index (χ0n) is 13.9. The van der Waals surface area contributed by atoms with Crippen molar-refractivity contribution in [3.05, 3.63) is 57.3 Å². The van der Waals surface area contributed by atoms with Crippen LogP contribution in [-0.4, -0.2) is 18.4 Å². The fourth-order valence-corrected chi connectivity index (χ4v) is 2.63. The lowest BCUT2D eigenvalue weighted by molar-refractivity contribution is -0.116. The lowest BCUT2D eigenvalue weighted by Gasteiger charge is -2.11. The molecular weight excluding hydrogens is 382 g/mol. The summed E-state index contributed by atoms with van der Waals surface area (Å²) in [5.74, 6) is -1.24. The van der Waals surface area contributed by atoms with E-state index in [1.807, 2.05) is 0 Å². The fourth-order valence-electron chi connectivity index (χ4n) is 2.17. The van der Waals surface area contributed by atoms with E-state index in [2.05, 4.69) is 5.32 Å². The average molecular weight is 399 g/mol. The first-order chi connectivity index (χ1) is 12.3. The van der Waals surface area contributed by atoms with Crippen LogP contribution in [0.2, 0.25) is 10.0 Å². The molecule has 0 aromatic heterocycles. The molecule has 2 aromatic carbocycles. The van der Waals surface area contributed by atoms with Crippen molar-refractivity contribution in [2.45, 2.75) is 19.8 Å². The van der Waals surface area contributed by atoms with Gasteiger partial charge in [0.15, 0.2) is 0 Å². The summed E-state index contributed by atoms with van der Waals surface area (Å²) in [6.07, 6.45) is 0.564. The second-order valence-corrected chi connectivity index (χ2v) is 6.41. The highest BCUT2D eigenvalue weighted by Crippen LogP contribution is 2.27. The van der Waals surface area contributed by atoms with E-state index >= 15 is 0 Å². The third-order valence-electron chi connectivity index (χ3n) is 3.60. The molecule has 0 unspecified atom stereocenters. The second-order valence-electron chi connectivity index (χ2n) is 5.57. The molecule has 2 aromatic rings. The van der Waals surface area contributed by atoms with Crippen molar-refractivity contribution in [3.63, 3.8) is 0 Å². The Labute approximate surface area is 160 Å². The topological polar surface area (TPSA) is 81.4 Å². The summed E-state index contributed by atoms with van der Waals surface area (Å²) in [4.78, 5) is 23.2. The molecule has 0 radical (unpaired) electrons. The van der Waals surface area contributed by atoms with Gasteiger partial charge in [-0.2, -0.15) is 0 Å². The van der Waals surface area contributed by atoms with Crippen LogP contribution in [0.5, 0.6) is 5.75 Å². The van der Waals surface area contributed by atoms with Crippen LogP contribution in [0.4, 0.5) is 10.1 Å². The monoisotopic (exact) mass is 398 g/mol. The minimum Gasteiger partial charge on any atom is -0.492 e. The quantitative estimate of drug-likeness (QED) is 0.680. The third-order valence-corrected chi connectivity index (χ3v) is 4.13. The number of ether oxygens (including phenoxy) is 1. The Bertz CT molecular complexity index is 843. The number of rotatable bonds is 7. The first-order valence-electron chi connectivity index (χ1n) is 7.75. The summed E-state index contributed by atoms with van der Waals surface area (Å²) in [7, 11) is 0. The van der Waals surface area contributed by atoms with Gasteiger partial charge >= 0.3 is 0 Å². The van der Waals surface area contributed by atoms with Gasteiger partial charge in [0.1, 0.15) is 11.6 Å². The molecule has 26 heavy (non-hydrogen) atoms. The lowest BCUT2D eigenvalue weighted by atomic mass is 10.1. The molecule has 0 aliphatic carbocycles. The number of primary amides is 1. The predicted molar refractivity (Wildman–Crippen MR) is 99.5 cm³/mol. The molecule has 0 fully saturated rings. The Morgan fingerprint density at radius 2 is 1.96 bits per heavy atom. The molecule has 0 atom stereocenters. The fraction of sp³-hybridized carbons (Fsp3) is 0.222. The van der Waals surface area contributed by atoms with Crippen LogP contribution in [0.15, 0.2) is 30.3 Å². The molecule has 0 spiro atoms. The van der Waals surface area contributed by atoms with Gasteiger partial charge in [0.2, 0.25) is 11.8 Å². The first-order valence-corrected chi connectivity index (χ1v) is 8.51. The number of nitrogens with two attached hydrogens (primary N) is 1. The molecule has 0 saturated heterocycles. The van der Waals surface area contributed by atoms with E-state index in [0.717, 1.165) is 6.07 Å². The highest BCUT2D eigenvalue weighted by Gasteiger charge is 2.13. The number of benzene rings is 2. The van der Waals surface area contributed by atoms with Crippen LogP contribution in [0.25, 0.3) is 0 Å². The van der Waals surface area contributed by atoms with Crippen molar-refractivity contribution < 1.29 is 18.7 Å². The molecule has 2 amide bonds. The third kappa shape index (κ3) is 5.34. The second kappa shape index (κ2) is 8.87. The van der Waals surface area contributed by atoms with Crippen LogP contribution in [0.3, 0.4) is 0 Å². The molecule has 138 valence electrons. The number of halogens is 3. The maximum Gasteiger partial charge on any atom is 0.248 e. The maximum atomic E-state index is 13.8. The smallest absolute Gasteiger partial charge is 0.248 e. The van der Waals surface area contributed by atoms with Gasteiger partial charge in [-0.1, -0.05) is 23.2 Å². The van der Waals surface area contributed by atoms with E-state index in [1.165, 1.54) is 13.0 Å². The zero-order chi connectivity index (χ0) is 19.3. The van der Waals surface area contributed by atoms with Crippen molar-refractivity contribution >= 4 is 40.7 Å². The van der Waals surface area contributed by atoms with E-state index in [-0.39, 0.29) is 35.7 Å². The number of carbonyl (C=O) groups excluding carboxylic acids is 2. The van der Waals surface area contributed by atoms with Crippen LogP contribution in [-0.2, 0) is 4.79 Å². The van der Waals surface area contributed by atoms with Gasteiger partial charge in [0.25, 0.3) is 0 Å². The molecule has 5 nitrogen and oxygen atoms in total. The van der Waals surface area contributed by atoms with Gasteiger partial charge in [-0.05, 0) is 43.7 Å².